The van der Waals surface area contributed by atoms with Crippen LogP contribution in [0.4, 0.5) is 39.5 Å². The third kappa shape index (κ3) is 3.39. The van der Waals surface area contributed by atoms with Gasteiger partial charge in [-0.1, -0.05) is 0 Å². The fourth-order valence-corrected chi connectivity index (χ4v) is 2.60. The van der Waals surface area contributed by atoms with Crippen LogP contribution in [0.3, 0.4) is 0 Å². The van der Waals surface area contributed by atoms with Gasteiger partial charge in [0.1, 0.15) is 5.57 Å². The zero-order valence-electron chi connectivity index (χ0n) is 13.4. The Balaban J connectivity index is 2.35. The number of rotatable bonds is 2. The Hall–Kier alpha value is -3.10. The van der Waals surface area contributed by atoms with Crippen molar-refractivity contribution in [3.63, 3.8) is 0 Å². The van der Waals surface area contributed by atoms with Gasteiger partial charge < -0.3 is 0 Å². The van der Waals surface area contributed by atoms with Crippen LogP contribution in [-0.2, 0) is 0 Å². The van der Waals surface area contributed by atoms with Crippen molar-refractivity contribution < 1.29 is 39.5 Å². The molecule has 0 aliphatic heterocycles. The third-order valence-electron chi connectivity index (χ3n) is 3.82. The molecule has 0 amide bonds. The number of hydrogen-bond donors (Lipinski definition) is 0. The van der Waals surface area contributed by atoms with Crippen molar-refractivity contribution in [3.8, 4) is 0 Å². The molecule has 0 fully saturated rings. The lowest BCUT2D eigenvalue weighted by Crippen LogP contribution is -2.04. The zero-order chi connectivity index (χ0) is 20.7. The summed E-state index contributed by atoms with van der Waals surface area (Å²) in [4.78, 5) is 0. The first kappa shape index (κ1) is 19.7. The number of allylic oxidation sites excluding steroid dienone is 5. The first-order valence-corrected chi connectivity index (χ1v) is 7.41. The summed E-state index contributed by atoms with van der Waals surface area (Å²) in [6.45, 7) is 0. The van der Waals surface area contributed by atoms with E-state index in [1.807, 2.05) is 0 Å². The summed E-state index contributed by atoms with van der Waals surface area (Å²) < 4.78 is 122. The standard InChI is InChI=1S/C19H6F9/c20-10-1-7(2-11(21)17(10)26)16(8-3-12(22)18(27)13(23)4-8)9-5-14(24)19(28)15(25)6-9/h1-6H/q+1. The molecule has 0 radical (unpaired) electrons. The van der Waals surface area contributed by atoms with Crippen molar-refractivity contribution in [2.24, 2.45) is 0 Å². The molecule has 2 aromatic carbocycles. The van der Waals surface area contributed by atoms with E-state index in [1.165, 1.54) is 0 Å². The van der Waals surface area contributed by atoms with Crippen LogP contribution in [0.2, 0.25) is 0 Å². The number of benzene rings is 2. The highest BCUT2D eigenvalue weighted by Crippen LogP contribution is 2.38. The second kappa shape index (κ2) is 7.14. The minimum Gasteiger partial charge on any atom is -0.204 e. The van der Waals surface area contributed by atoms with Gasteiger partial charge in [0.2, 0.25) is 11.7 Å². The number of hydrogen-bond acceptors (Lipinski definition) is 0. The van der Waals surface area contributed by atoms with E-state index in [0.717, 1.165) is 0 Å². The molecule has 0 heterocycles. The quantitative estimate of drug-likeness (QED) is 0.302. The van der Waals surface area contributed by atoms with Crippen molar-refractivity contribution in [2.45, 2.75) is 0 Å². The predicted octanol–water partition coefficient (Wildman–Crippen LogP) is 6.54. The van der Waals surface area contributed by atoms with E-state index in [2.05, 4.69) is 0 Å². The summed E-state index contributed by atoms with van der Waals surface area (Å²) in [6, 6.07) is 1.58. The van der Waals surface area contributed by atoms with Crippen molar-refractivity contribution in [1.82, 2.24) is 0 Å². The fraction of sp³-hybridized carbons (Fsp3) is 0. The summed E-state index contributed by atoms with van der Waals surface area (Å²) in [5, 5.41) is 0. The van der Waals surface area contributed by atoms with Gasteiger partial charge in [-0.3, -0.25) is 0 Å². The molecule has 0 saturated heterocycles. The molecule has 0 atom stereocenters. The minimum atomic E-state index is -1.86. The third-order valence-corrected chi connectivity index (χ3v) is 3.82. The topological polar surface area (TPSA) is 0 Å². The molecule has 28 heavy (non-hydrogen) atoms. The maximum atomic E-state index is 13.6. The van der Waals surface area contributed by atoms with Gasteiger partial charge in [-0.25, -0.2) is 26.3 Å². The average molecular weight is 405 g/mol. The van der Waals surface area contributed by atoms with Gasteiger partial charge >= 0.3 is 0 Å². The Morgan fingerprint density at radius 2 is 1.00 bits per heavy atom. The van der Waals surface area contributed by atoms with Crippen LogP contribution >= 0.6 is 0 Å². The summed E-state index contributed by atoms with van der Waals surface area (Å²) in [7, 11) is 0. The van der Waals surface area contributed by atoms with Crippen LogP contribution in [0.5, 0.6) is 0 Å². The van der Waals surface area contributed by atoms with E-state index >= 15 is 0 Å². The molecular weight excluding hydrogens is 399 g/mol. The Morgan fingerprint density at radius 3 is 1.36 bits per heavy atom. The molecule has 3 rings (SSSR count). The smallest absolute Gasteiger partial charge is 0.204 e. The molecule has 0 nitrogen and oxygen atoms in total. The molecule has 9 heteroatoms. The van der Waals surface area contributed by atoms with E-state index in [-0.39, 0.29) is 0 Å². The van der Waals surface area contributed by atoms with E-state index in [9.17, 15) is 39.5 Å². The highest BCUT2D eigenvalue weighted by molar-refractivity contribution is 5.86. The molecule has 1 aliphatic carbocycles. The first-order chi connectivity index (χ1) is 13.1. The Morgan fingerprint density at radius 1 is 0.607 bits per heavy atom. The molecule has 144 valence electrons. The van der Waals surface area contributed by atoms with E-state index in [0.29, 0.717) is 36.8 Å². The molecular formula is C19H6F9+. The van der Waals surface area contributed by atoms with E-state index in [4.69, 9.17) is 0 Å². The summed E-state index contributed by atoms with van der Waals surface area (Å²) in [5.41, 5.74) is -2.37. The van der Waals surface area contributed by atoms with Crippen LogP contribution in [0.1, 0.15) is 11.1 Å². The molecule has 2 aromatic rings. The normalized spacial score (nSPS) is 14.2. The highest BCUT2D eigenvalue weighted by atomic mass is 19.2. The van der Waals surface area contributed by atoms with Crippen LogP contribution in [0, 0.1) is 41.3 Å². The van der Waals surface area contributed by atoms with Crippen molar-refractivity contribution in [2.75, 3.05) is 0 Å². The zero-order valence-corrected chi connectivity index (χ0v) is 13.4. The van der Waals surface area contributed by atoms with Crippen LogP contribution in [0.25, 0.3) is 5.57 Å². The van der Waals surface area contributed by atoms with Crippen LogP contribution < -0.4 is 0 Å². The molecule has 0 aromatic heterocycles. The van der Waals surface area contributed by atoms with Gasteiger partial charge in [-0.15, -0.1) is 4.39 Å². The fourth-order valence-electron chi connectivity index (χ4n) is 2.60. The van der Waals surface area contributed by atoms with Crippen LogP contribution in [-0.4, -0.2) is 0 Å². The lowest BCUT2D eigenvalue weighted by Gasteiger charge is -2.11. The monoisotopic (exact) mass is 405 g/mol. The van der Waals surface area contributed by atoms with E-state index in [1.54, 1.807) is 0 Å². The lowest BCUT2D eigenvalue weighted by molar-refractivity contribution is 0.446. The van der Waals surface area contributed by atoms with Gasteiger partial charge in [-0.2, -0.15) is 8.78 Å². The minimum absolute atomic E-state index is 0.395. The second-order valence-electron chi connectivity index (χ2n) is 5.64. The average Bonchev–Trinajstić information content (AvgIpc) is 2.62. The van der Waals surface area contributed by atoms with Gasteiger partial charge in [-0.05, 0) is 24.3 Å². The lowest BCUT2D eigenvalue weighted by atomic mass is 9.89. The largest absolute Gasteiger partial charge is 0.277 e. The molecule has 0 N–H and O–H groups in total. The summed E-state index contributed by atoms with van der Waals surface area (Å²) in [5.74, 6) is -15.9. The highest BCUT2D eigenvalue weighted by Gasteiger charge is 2.32. The maximum Gasteiger partial charge on any atom is 0.277 e. The number of halogens is 9. The molecule has 0 bridgehead atoms. The maximum absolute atomic E-state index is 13.6. The van der Waals surface area contributed by atoms with Crippen molar-refractivity contribution in [3.05, 3.63) is 106 Å². The predicted molar refractivity (Wildman–Crippen MR) is 81.4 cm³/mol. The van der Waals surface area contributed by atoms with Gasteiger partial charge in [0.25, 0.3) is 5.83 Å². The van der Waals surface area contributed by atoms with Gasteiger partial charge in [0.15, 0.2) is 34.9 Å². The van der Waals surface area contributed by atoms with Crippen molar-refractivity contribution >= 4 is 5.57 Å². The molecule has 0 unspecified atom stereocenters. The molecule has 0 spiro atoms. The summed E-state index contributed by atoms with van der Waals surface area (Å²) >= 11 is 0. The van der Waals surface area contributed by atoms with E-state index < -0.39 is 74.7 Å². The molecule has 0 saturated carbocycles. The SMILES string of the molecule is FC1=CC(=C(c2cc(F)c(F)c(F)c2)c2cc(F)c(F)c(F)c2)[CH+]C(F)=C1F. The molecule has 1 aliphatic rings. The Kier molecular flexibility index (Phi) is 5.01. The second-order valence-corrected chi connectivity index (χ2v) is 5.64. The Bertz CT molecular complexity index is 971. The van der Waals surface area contributed by atoms with Crippen LogP contribution in [0.15, 0.2) is 53.4 Å². The first-order valence-electron chi connectivity index (χ1n) is 7.41. The van der Waals surface area contributed by atoms with Crippen molar-refractivity contribution in [1.29, 1.82) is 0 Å². The van der Waals surface area contributed by atoms with Gasteiger partial charge in [0, 0.05) is 11.1 Å². The Labute approximate surface area is 151 Å². The summed E-state index contributed by atoms with van der Waals surface area (Å²) in [6.07, 6.45) is 0.790. The van der Waals surface area contributed by atoms with Gasteiger partial charge in [0.05, 0.1) is 18.1 Å².